The first-order valence-corrected chi connectivity index (χ1v) is 8.84. The molecular weight excluding hydrogens is 363 g/mol. The maximum atomic E-state index is 13.3. The van der Waals surface area contributed by atoms with Crippen molar-refractivity contribution in [1.82, 2.24) is 9.78 Å². The zero-order valence-corrected chi connectivity index (χ0v) is 15.9. The number of benzene rings is 2. The van der Waals surface area contributed by atoms with Crippen molar-refractivity contribution in [3.8, 4) is 23.1 Å². The van der Waals surface area contributed by atoms with Crippen molar-refractivity contribution in [2.45, 2.75) is 19.8 Å². The smallest absolute Gasteiger partial charge is 0.345 e. The minimum Gasteiger partial charge on any atom is -0.497 e. The highest BCUT2D eigenvalue weighted by Crippen LogP contribution is 2.25. The molecule has 1 aromatic heterocycles. The first-order chi connectivity index (χ1) is 13.5. The highest BCUT2D eigenvalue weighted by molar-refractivity contribution is 5.92. The molecular formula is C21H21FN2O4. The van der Waals surface area contributed by atoms with Gasteiger partial charge >= 0.3 is 5.97 Å². The van der Waals surface area contributed by atoms with E-state index in [4.69, 9.17) is 14.2 Å². The number of aromatic nitrogens is 2. The maximum Gasteiger partial charge on any atom is 0.345 e. The number of aryl methyl sites for hydroxylation is 1. The van der Waals surface area contributed by atoms with Crippen LogP contribution in [-0.2, 0) is 6.42 Å². The van der Waals surface area contributed by atoms with Crippen molar-refractivity contribution in [2.24, 2.45) is 0 Å². The fourth-order valence-electron chi connectivity index (χ4n) is 2.71. The Balaban J connectivity index is 1.95. The Kier molecular flexibility index (Phi) is 5.93. The summed E-state index contributed by atoms with van der Waals surface area (Å²) in [5.41, 5.74) is 1.65. The van der Waals surface area contributed by atoms with E-state index >= 15 is 0 Å². The molecule has 0 aliphatic rings. The lowest BCUT2D eigenvalue weighted by molar-refractivity contribution is 0.0722. The summed E-state index contributed by atoms with van der Waals surface area (Å²) < 4.78 is 30.7. The highest BCUT2D eigenvalue weighted by atomic mass is 19.1. The molecule has 0 radical (unpaired) electrons. The van der Waals surface area contributed by atoms with Crippen molar-refractivity contribution in [2.75, 3.05) is 14.2 Å². The molecule has 146 valence electrons. The topological polar surface area (TPSA) is 62.6 Å². The van der Waals surface area contributed by atoms with Crippen LogP contribution in [0.15, 0.2) is 48.5 Å². The summed E-state index contributed by atoms with van der Waals surface area (Å²) in [5, 5.41) is 4.48. The van der Waals surface area contributed by atoms with Gasteiger partial charge in [-0.15, -0.1) is 0 Å². The zero-order chi connectivity index (χ0) is 20.1. The molecule has 6 nitrogen and oxygen atoms in total. The van der Waals surface area contributed by atoms with Crippen LogP contribution in [0.1, 0.15) is 29.4 Å². The number of hydrogen-bond donors (Lipinski definition) is 0. The largest absolute Gasteiger partial charge is 0.497 e. The molecule has 0 spiro atoms. The van der Waals surface area contributed by atoms with Crippen LogP contribution >= 0.6 is 0 Å². The molecule has 0 bridgehead atoms. The minimum absolute atomic E-state index is 0.252. The average molecular weight is 384 g/mol. The second-order valence-electron chi connectivity index (χ2n) is 6.10. The number of esters is 1. The third-order valence-electron chi connectivity index (χ3n) is 4.09. The summed E-state index contributed by atoms with van der Waals surface area (Å²) in [4.78, 5) is 12.7. The van der Waals surface area contributed by atoms with E-state index in [1.54, 1.807) is 36.4 Å². The zero-order valence-electron chi connectivity index (χ0n) is 15.9. The number of ether oxygens (including phenoxy) is 3. The summed E-state index contributed by atoms with van der Waals surface area (Å²) in [5.74, 6) is 0.270. The summed E-state index contributed by atoms with van der Waals surface area (Å²) >= 11 is 0. The van der Waals surface area contributed by atoms with Gasteiger partial charge in [-0.2, -0.15) is 5.10 Å². The van der Waals surface area contributed by atoms with Gasteiger partial charge in [0.15, 0.2) is 0 Å². The molecule has 1 heterocycles. The monoisotopic (exact) mass is 384 g/mol. The number of rotatable bonds is 7. The van der Waals surface area contributed by atoms with Crippen LogP contribution in [0.25, 0.3) is 5.69 Å². The Morgan fingerprint density at radius 3 is 2.25 bits per heavy atom. The Morgan fingerprint density at radius 1 is 1.04 bits per heavy atom. The average Bonchev–Trinajstić information content (AvgIpc) is 3.10. The summed E-state index contributed by atoms with van der Waals surface area (Å²) in [6.07, 6.45) is 1.62. The quantitative estimate of drug-likeness (QED) is 0.571. The van der Waals surface area contributed by atoms with Crippen molar-refractivity contribution < 1.29 is 23.4 Å². The van der Waals surface area contributed by atoms with Gasteiger partial charge < -0.3 is 14.2 Å². The van der Waals surface area contributed by atoms with E-state index in [-0.39, 0.29) is 17.3 Å². The SMILES string of the molecule is CCCc1cc(OC(=O)c2cc(OC)cc(OC)c2)n(-c2ccc(F)cc2)n1. The van der Waals surface area contributed by atoms with Crippen LogP contribution in [0.5, 0.6) is 17.4 Å². The predicted octanol–water partition coefficient (Wildman–Crippen LogP) is 4.20. The summed E-state index contributed by atoms with van der Waals surface area (Å²) in [6.45, 7) is 2.03. The normalized spacial score (nSPS) is 10.6. The Labute approximate surface area is 162 Å². The van der Waals surface area contributed by atoms with Crippen LogP contribution in [0.4, 0.5) is 4.39 Å². The van der Waals surface area contributed by atoms with E-state index in [0.29, 0.717) is 17.2 Å². The molecule has 0 saturated carbocycles. The Hall–Kier alpha value is -3.35. The molecule has 7 heteroatoms. The molecule has 2 aromatic carbocycles. The van der Waals surface area contributed by atoms with E-state index in [2.05, 4.69) is 5.10 Å². The fraction of sp³-hybridized carbons (Fsp3) is 0.238. The van der Waals surface area contributed by atoms with Gasteiger partial charge in [0.25, 0.3) is 0 Å². The second-order valence-corrected chi connectivity index (χ2v) is 6.10. The summed E-state index contributed by atoms with van der Waals surface area (Å²) in [6, 6.07) is 12.3. The van der Waals surface area contributed by atoms with Crippen molar-refractivity contribution >= 4 is 5.97 Å². The van der Waals surface area contributed by atoms with Gasteiger partial charge in [0.1, 0.15) is 17.3 Å². The van der Waals surface area contributed by atoms with E-state index in [1.165, 1.54) is 31.0 Å². The van der Waals surface area contributed by atoms with Gasteiger partial charge in [0.05, 0.1) is 31.2 Å². The predicted molar refractivity (Wildman–Crippen MR) is 102 cm³/mol. The van der Waals surface area contributed by atoms with Crippen LogP contribution in [-0.4, -0.2) is 30.0 Å². The first-order valence-electron chi connectivity index (χ1n) is 8.84. The summed E-state index contributed by atoms with van der Waals surface area (Å²) in [7, 11) is 3.01. The van der Waals surface area contributed by atoms with Gasteiger partial charge in [-0.1, -0.05) is 13.3 Å². The van der Waals surface area contributed by atoms with Gasteiger partial charge in [-0.25, -0.2) is 13.9 Å². The molecule has 0 aliphatic carbocycles. The van der Waals surface area contributed by atoms with Crippen molar-refractivity contribution in [1.29, 1.82) is 0 Å². The van der Waals surface area contributed by atoms with Gasteiger partial charge in [-0.05, 0) is 42.8 Å². The third kappa shape index (κ3) is 4.31. The number of carbonyl (C=O) groups excluding carboxylic acids is 1. The molecule has 0 aliphatic heterocycles. The van der Waals surface area contributed by atoms with E-state index in [1.807, 2.05) is 6.92 Å². The number of halogens is 1. The van der Waals surface area contributed by atoms with Crippen LogP contribution in [0.3, 0.4) is 0 Å². The number of nitrogens with zero attached hydrogens (tertiary/aromatic N) is 2. The molecule has 0 saturated heterocycles. The van der Waals surface area contributed by atoms with Crippen LogP contribution < -0.4 is 14.2 Å². The minimum atomic E-state index is -0.580. The van der Waals surface area contributed by atoms with E-state index in [0.717, 1.165) is 18.5 Å². The highest BCUT2D eigenvalue weighted by Gasteiger charge is 2.17. The van der Waals surface area contributed by atoms with Gasteiger partial charge in [-0.3, -0.25) is 0 Å². The third-order valence-corrected chi connectivity index (χ3v) is 4.09. The second kappa shape index (κ2) is 8.56. The molecule has 3 rings (SSSR count). The van der Waals surface area contributed by atoms with Gasteiger partial charge in [0.2, 0.25) is 5.88 Å². The van der Waals surface area contributed by atoms with Crippen molar-refractivity contribution in [3.05, 3.63) is 65.6 Å². The fourth-order valence-corrected chi connectivity index (χ4v) is 2.71. The van der Waals surface area contributed by atoms with Crippen LogP contribution in [0.2, 0.25) is 0 Å². The Morgan fingerprint density at radius 2 is 1.68 bits per heavy atom. The Bertz CT molecular complexity index is 945. The molecule has 3 aromatic rings. The number of carbonyl (C=O) groups is 1. The van der Waals surface area contributed by atoms with Crippen LogP contribution in [0, 0.1) is 5.82 Å². The lowest BCUT2D eigenvalue weighted by Gasteiger charge is -2.10. The lowest BCUT2D eigenvalue weighted by Crippen LogP contribution is -2.12. The first kappa shape index (κ1) is 19.4. The molecule has 0 N–H and O–H groups in total. The number of methoxy groups -OCH3 is 2. The van der Waals surface area contributed by atoms with Gasteiger partial charge in [0, 0.05) is 12.1 Å². The maximum absolute atomic E-state index is 13.3. The molecule has 0 fully saturated rings. The van der Waals surface area contributed by atoms with Crippen molar-refractivity contribution in [3.63, 3.8) is 0 Å². The molecule has 0 atom stereocenters. The van der Waals surface area contributed by atoms with E-state index < -0.39 is 5.97 Å². The molecule has 0 unspecified atom stereocenters. The van der Waals surface area contributed by atoms with E-state index in [9.17, 15) is 9.18 Å². The number of hydrogen-bond acceptors (Lipinski definition) is 5. The lowest BCUT2D eigenvalue weighted by atomic mass is 10.2. The standard InChI is InChI=1S/C21H21FN2O4/c1-4-5-16-12-20(24(23-16)17-8-6-15(22)7-9-17)28-21(25)14-10-18(26-2)13-19(11-14)27-3/h6-13H,4-5H2,1-3H3. The molecule has 28 heavy (non-hydrogen) atoms. The molecule has 0 amide bonds.